The maximum atomic E-state index is 12.6. The fourth-order valence-electron chi connectivity index (χ4n) is 1.97. The van der Waals surface area contributed by atoms with Gasteiger partial charge >= 0.3 is 0 Å². The molecule has 6 nitrogen and oxygen atoms in total. The monoisotopic (exact) mass is 392 g/mol. The predicted molar refractivity (Wildman–Crippen MR) is 89.0 cm³/mol. The van der Waals surface area contributed by atoms with Crippen LogP contribution in [0, 0.1) is 16.7 Å². The first kappa shape index (κ1) is 17.2. The van der Waals surface area contributed by atoms with Crippen LogP contribution < -0.4 is 0 Å². The van der Waals surface area contributed by atoms with Crippen molar-refractivity contribution in [2.24, 2.45) is 0 Å². The first-order chi connectivity index (χ1) is 10.9. The molecule has 0 radical (unpaired) electrons. The molecule has 0 saturated heterocycles. The molecule has 1 aromatic heterocycles. The molecule has 0 amide bonds. The van der Waals surface area contributed by atoms with Crippen molar-refractivity contribution in [3.8, 4) is 6.07 Å². The Kier molecular flexibility index (Phi) is 5.23. The van der Waals surface area contributed by atoms with Crippen molar-refractivity contribution in [3.05, 3.63) is 52.5 Å². The van der Waals surface area contributed by atoms with Gasteiger partial charge in [-0.1, -0.05) is 12.1 Å². The molecule has 0 fully saturated rings. The zero-order valence-corrected chi connectivity index (χ0v) is 14.6. The van der Waals surface area contributed by atoms with E-state index in [0.717, 1.165) is 0 Å². The number of benzene rings is 1. The minimum absolute atomic E-state index is 0.00838. The molecule has 0 saturated carbocycles. The van der Waals surface area contributed by atoms with E-state index in [-0.39, 0.29) is 28.5 Å². The number of hydrogen-bond donors (Lipinski definition) is 1. The van der Waals surface area contributed by atoms with E-state index in [2.05, 4.69) is 25.9 Å². The van der Waals surface area contributed by atoms with Crippen LogP contribution in [-0.2, 0) is 9.84 Å². The normalized spacial score (nSPS) is 12.4. The highest BCUT2D eigenvalue weighted by atomic mass is 79.9. The quantitative estimate of drug-likeness (QED) is 0.786. The molecule has 0 bridgehead atoms. The Bertz CT molecular complexity index is 890. The summed E-state index contributed by atoms with van der Waals surface area (Å²) in [6, 6.07) is 9.86. The predicted octanol–water partition coefficient (Wildman–Crippen LogP) is 2.73. The van der Waals surface area contributed by atoms with Gasteiger partial charge in [0.2, 0.25) is 5.82 Å². The zero-order valence-electron chi connectivity index (χ0n) is 12.2. The van der Waals surface area contributed by atoms with E-state index in [1.165, 1.54) is 18.3 Å². The maximum absolute atomic E-state index is 12.6. The highest BCUT2D eigenvalue weighted by Gasteiger charge is 2.26. The third kappa shape index (κ3) is 3.81. The van der Waals surface area contributed by atoms with Gasteiger partial charge in [0.15, 0.2) is 9.84 Å². The summed E-state index contributed by atoms with van der Waals surface area (Å²) >= 11 is 3.24. The van der Waals surface area contributed by atoms with Crippen LogP contribution in [-0.4, -0.2) is 29.3 Å². The van der Waals surface area contributed by atoms with Crippen molar-refractivity contribution in [1.29, 1.82) is 10.7 Å². The smallest absolute Gasteiger partial charge is 0.232 e. The maximum Gasteiger partial charge on any atom is 0.232 e. The average molecular weight is 393 g/mol. The van der Waals surface area contributed by atoms with Crippen molar-refractivity contribution in [2.75, 3.05) is 0 Å². The standard InChI is InChI=1S/C15H13BrN4O2S/c1-10(23(21,22)14-5-3-2-4-11(14)16)8-12(18)13-6-7-19-15(9-17)20-13/h2-7,10,18H,8H2,1H3/t10-/m1/s1. The molecule has 1 aromatic carbocycles. The Labute approximate surface area is 142 Å². The lowest BCUT2D eigenvalue weighted by Gasteiger charge is -2.14. The molecule has 0 aliphatic rings. The molecule has 2 aromatic rings. The van der Waals surface area contributed by atoms with Gasteiger partial charge in [-0.05, 0) is 41.1 Å². The number of nitrogens with one attached hydrogen (secondary N) is 1. The van der Waals surface area contributed by atoms with Crippen molar-refractivity contribution >= 4 is 31.5 Å². The van der Waals surface area contributed by atoms with Gasteiger partial charge in [-0.25, -0.2) is 18.4 Å². The minimum atomic E-state index is -3.58. The molecular weight excluding hydrogens is 380 g/mol. The summed E-state index contributed by atoms with van der Waals surface area (Å²) in [7, 11) is -3.58. The van der Waals surface area contributed by atoms with Crippen LogP contribution in [0.2, 0.25) is 0 Å². The average Bonchev–Trinajstić information content (AvgIpc) is 2.55. The summed E-state index contributed by atoms with van der Waals surface area (Å²) in [6.45, 7) is 1.55. The second-order valence-corrected chi connectivity index (χ2v) is 8.03. The lowest BCUT2D eigenvalue weighted by Crippen LogP contribution is -2.22. The molecule has 118 valence electrons. The highest BCUT2D eigenvalue weighted by molar-refractivity contribution is 9.10. The summed E-state index contributed by atoms with van der Waals surface area (Å²) in [5, 5.41) is 16.0. The van der Waals surface area contributed by atoms with Crippen LogP contribution in [0.1, 0.15) is 24.9 Å². The lowest BCUT2D eigenvalue weighted by atomic mass is 10.1. The molecule has 8 heteroatoms. The number of hydrogen-bond acceptors (Lipinski definition) is 6. The molecule has 0 aliphatic heterocycles. The van der Waals surface area contributed by atoms with Crippen LogP contribution >= 0.6 is 15.9 Å². The third-order valence-electron chi connectivity index (χ3n) is 3.23. The van der Waals surface area contributed by atoms with Crippen LogP contribution in [0.4, 0.5) is 0 Å². The third-order valence-corrected chi connectivity index (χ3v) is 6.38. The van der Waals surface area contributed by atoms with Gasteiger partial charge in [-0.3, -0.25) is 0 Å². The molecule has 1 N–H and O–H groups in total. The Morgan fingerprint density at radius 3 is 2.74 bits per heavy atom. The molecule has 0 spiro atoms. The second kappa shape index (κ2) is 6.98. The summed E-state index contributed by atoms with van der Waals surface area (Å²) in [5.41, 5.74) is 0.303. The second-order valence-electron chi connectivity index (χ2n) is 4.85. The first-order valence-corrected chi connectivity index (χ1v) is 8.99. The number of aromatic nitrogens is 2. The number of halogens is 1. The van der Waals surface area contributed by atoms with Gasteiger partial charge in [-0.2, -0.15) is 5.26 Å². The number of nitriles is 1. The number of rotatable bonds is 5. The topological polar surface area (TPSA) is 108 Å². The van der Waals surface area contributed by atoms with Crippen molar-refractivity contribution in [1.82, 2.24) is 9.97 Å². The van der Waals surface area contributed by atoms with Gasteiger partial charge < -0.3 is 5.41 Å². The summed E-state index contributed by atoms with van der Waals surface area (Å²) in [5.74, 6) is -0.0476. The largest absolute Gasteiger partial charge is 0.303 e. The Balaban J connectivity index is 2.24. The number of sulfone groups is 1. The zero-order chi connectivity index (χ0) is 17.0. The highest BCUT2D eigenvalue weighted by Crippen LogP contribution is 2.26. The Morgan fingerprint density at radius 1 is 1.39 bits per heavy atom. The lowest BCUT2D eigenvalue weighted by molar-refractivity contribution is 0.584. The Hall–Kier alpha value is -2.11. The number of nitrogens with zero attached hydrogens (tertiary/aromatic N) is 3. The summed E-state index contributed by atoms with van der Waals surface area (Å²) < 4.78 is 25.8. The van der Waals surface area contributed by atoms with Crippen LogP contribution in [0.5, 0.6) is 0 Å². The molecule has 0 aliphatic carbocycles. The Morgan fingerprint density at radius 2 is 2.09 bits per heavy atom. The van der Waals surface area contributed by atoms with E-state index in [1.54, 1.807) is 31.2 Å². The van der Waals surface area contributed by atoms with E-state index in [1.807, 2.05) is 0 Å². The van der Waals surface area contributed by atoms with Gasteiger partial charge in [0.25, 0.3) is 0 Å². The SMILES string of the molecule is C[C@H](CC(=N)c1ccnc(C#N)n1)S(=O)(=O)c1ccccc1Br. The van der Waals surface area contributed by atoms with Crippen LogP contribution in [0.3, 0.4) is 0 Å². The summed E-state index contributed by atoms with van der Waals surface area (Å²) in [4.78, 5) is 7.84. The molecule has 1 heterocycles. The fourth-order valence-corrected chi connectivity index (χ4v) is 4.36. The van der Waals surface area contributed by atoms with E-state index >= 15 is 0 Å². The molecule has 23 heavy (non-hydrogen) atoms. The van der Waals surface area contributed by atoms with E-state index in [9.17, 15) is 8.42 Å². The van der Waals surface area contributed by atoms with Gasteiger partial charge in [0.1, 0.15) is 6.07 Å². The van der Waals surface area contributed by atoms with E-state index < -0.39 is 15.1 Å². The fraction of sp³-hybridized carbons (Fsp3) is 0.200. The van der Waals surface area contributed by atoms with Crippen LogP contribution in [0.25, 0.3) is 0 Å². The molecule has 0 unspecified atom stereocenters. The summed E-state index contributed by atoms with van der Waals surface area (Å²) in [6.07, 6.45) is 1.37. The van der Waals surface area contributed by atoms with Gasteiger partial charge in [0, 0.05) is 17.1 Å². The van der Waals surface area contributed by atoms with E-state index in [0.29, 0.717) is 4.47 Å². The van der Waals surface area contributed by atoms with Crippen molar-refractivity contribution in [3.63, 3.8) is 0 Å². The van der Waals surface area contributed by atoms with Gasteiger partial charge in [-0.15, -0.1) is 0 Å². The van der Waals surface area contributed by atoms with E-state index in [4.69, 9.17) is 10.7 Å². The van der Waals surface area contributed by atoms with Crippen molar-refractivity contribution in [2.45, 2.75) is 23.5 Å². The van der Waals surface area contributed by atoms with Gasteiger partial charge in [0.05, 0.1) is 21.6 Å². The van der Waals surface area contributed by atoms with Crippen molar-refractivity contribution < 1.29 is 8.42 Å². The van der Waals surface area contributed by atoms with Crippen LogP contribution in [0.15, 0.2) is 45.9 Å². The molecule has 1 atom stereocenters. The molecular formula is C15H13BrN4O2S. The first-order valence-electron chi connectivity index (χ1n) is 6.65. The molecule has 2 rings (SSSR count). The minimum Gasteiger partial charge on any atom is -0.303 e.